The molecule has 0 saturated heterocycles. The van der Waals surface area contributed by atoms with Crippen molar-refractivity contribution in [3.63, 3.8) is 0 Å². The van der Waals surface area contributed by atoms with Crippen molar-refractivity contribution in [2.24, 2.45) is 0 Å². The maximum Gasteiger partial charge on any atom is 4.00 e. The van der Waals surface area contributed by atoms with Crippen LogP contribution >= 0.6 is 0 Å². The van der Waals surface area contributed by atoms with Gasteiger partial charge in [-0.2, -0.15) is 0 Å². The van der Waals surface area contributed by atoms with Gasteiger partial charge in [-0.3, -0.25) is 0 Å². The Hall–Kier alpha value is 2.70. The van der Waals surface area contributed by atoms with Crippen LogP contribution in [0, 0.1) is 29.2 Å². The minimum atomic E-state index is -6.02. The van der Waals surface area contributed by atoms with Crippen molar-refractivity contribution >= 4 is 0 Å². The standard InChI is InChI=1S/4Mo.16O.Pu.Zr/q;;;;;;;;;;;;8*-1;2*+4. The van der Waals surface area contributed by atoms with Crippen molar-refractivity contribution in [2.45, 2.75) is 0 Å². The van der Waals surface area contributed by atoms with Crippen LogP contribution in [0.25, 0.3) is 0 Å². The molecule has 16 nitrogen and oxygen atoms in total. The third kappa shape index (κ3) is 1460. The molecule has 0 heterocycles. The Labute approximate surface area is 176 Å². The largest absolute Gasteiger partial charge is 4.00 e. The van der Waals surface area contributed by atoms with Crippen LogP contribution in [-0.4, -0.2) is 0 Å². The van der Waals surface area contributed by atoms with Crippen LogP contribution in [0.15, 0.2) is 0 Å². The maximum absolute atomic E-state index is 8.63. The minimum absolute atomic E-state index is 0. The van der Waals surface area contributed by atoms with Crippen LogP contribution in [0.1, 0.15) is 0 Å². The summed E-state index contributed by atoms with van der Waals surface area (Å²) in [6.45, 7) is 0. The first-order valence-electron chi connectivity index (χ1n) is 2.67. The van der Waals surface area contributed by atoms with Crippen LogP contribution in [0.2, 0.25) is 0 Å². The van der Waals surface area contributed by atoms with Crippen molar-refractivity contribution < 1.29 is 180 Å². The van der Waals surface area contributed by atoms with E-state index in [0.29, 0.717) is 0 Å². The van der Waals surface area contributed by atoms with Crippen LogP contribution in [0.3, 0.4) is 0 Å². The van der Waals surface area contributed by atoms with Gasteiger partial charge in [0.05, 0.1) is 0 Å². The van der Waals surface area contributed by atoms with Gasteiger partial charge in [0.25, 0.3) is 0 Å². The van der Waals surface area contributed by atoms with E-state index in [9.17, 15) is 0 Å². The van der Waals surface area contributed by atoms with Crippen LogP contribution in [-0.2, 0) is 120 Å². The van der Waals surface area contributed by atoms with E-state index < -0.39 is 67.0 Å². The van der Waals surface area contributed by atoms with Gasteiger partial charge in [-0.25, -0.2) is 0 Å². The number of hydrogen-bond acceptors (Lipinski definition) is 16. The summed E-state index contributed by atoms with van der Waals surface area (Å²) in [7, 11) is 0. The Morgan fingerprint density at radius 2 is 0.364 bits per heavy atom. The predicted octanol–water partition coefficient (Wildman–Crippen LogP) is -10.5. The molecule has 0 aromatic rings. The molecule has 0 radical (unpaired) electrons. The van der Waals surface area contributed by atoms with Crippen LogP contribution < -0.4 is 30.1 Å². The van der Waals surface area contributed by atoms with E-state index in [0.717, 1.165) is 0 Å². The molecule has 0 aliphatic carbocycles. The zero-order valence-electron chi connectivity index (χ0n) is 9.07. The SMILES string of the molecule is [O]=[Mo](=[O])([O-])[O-].[O]=[Mo](=[O])([O-])[O-].[O]=[Mo](=[O])([O-])[O-].[O]=[Mo](=[O])([O-])[O-].[Pu+4].[Zr+4]. The van der Waals surface area contributed by atoms with Crippen LogP contribution in [0.4, 0.5) is 0 Å². The third-order valence-corrected chi connectivity index (χ3v) is 0. The summed E-state index contributed by atoms with van der Waals surface area (Å²) in [4.78, 5) is 0. The van der Waals surface area contributed by atoms with E-state index in [2.05, 4.69) is 0 Å². The molecule has 0 aromatic heterocycles. The van der Waals surface area contributed by atoms with Crippen molar-refractivity contribution in [1.29, 1.82) is 0 Å². The molecule has 0 bridgehead atoms. The monoisotopic (exact) mass is 975 g/mol. The quantitative estimate of drug-likeness (QED) is 0.204. The van der Waals surface area contributed by atoms with Gasteiger partial charge in [-0.1, -0.05) is 0 Å². The molecule has 130 valence electrons. The molecule has 0 saturated carbocycles. The zero-order chi connectivity index (χ0) is 18.0. The Bertz CT molecular complexity index is 479. The predicted molar refractivity (Wildman–Crippen MR) is 5.49 cm³/mol. The van der Waals surface area contributed by atoms with Gasteiger partial charge in [0.15, 0.2) is 0 Å². The van der Waals surface area contributed by atoms with Crippen molar-refractivity contribution in [1.82, 2.24) is 0 Å². The summed E-state index contributed by atoms with van der Waals surface area (Å²) >= 11 is -24.1. The average molecular weight is 975 g/mol. The fraction of sp³-hybridized carbons (Fsp3) is 0. The van der Waals surface area contributed by atoms with Crippen molar-refractivity contribution in [3.8, 4) is 0 Å². The van der Waals surface area contributed by atoms with Gasteiger partial charge >= 0.3 is 180 Å². The van der Waals surface area contributed by atoms with E-state index in [1.165, 1.54) is 0 Å². The molecule has 0 amide bonds. The number of hydrogen-bond donors (Lipinski definition) is 0. The van der Waals surface area contributed by atoms with E-state index >= 15 is 0 Å². The summed E-state index contributed by atoms with van der Waals surface area (Å²) in [5.41, 5.74) is 0. The summed E-state index contributed by atoms with van der Waals surface area (Å²) < 4.78 is 138. The summed E-state index contributed by atoms with van der Waals surface area (Å²) in [5, 5.41) is 0. The molecule has 0 spiro atoms. The third-order valence-electron chi connectivity index (χ3n) is 0. The molecule has 0 fully saturated rings. The van der Waals surface area contributed by atoms with Gasteiger partial charge < -0.3 is 0 Å². The molecule has 0 aliphatic heterocycles. The minimum Gasteiger partial charge on any atom is 4.00 e. The van der Waals surface area contributed by atoms with Gasteiger partial charge in [0, 0.05) is 0 Å². The number of rotatable bonds is 0. The summed E-state index contributed by atoms with van der Waals surface area (Å²) in [6, 6.07) is 0. The topological polar surface area (TPSA) is 321 Å². The first-order chi connectivity index (χ1) is 8.00. The Balaban J connectivity index is -0.0000000376. The Morgan fingerprint density at radius 1 is 0.364 bits per heavy atom. The zero-order valence-corrected chi connectivity index (χ0v) is 23.0. The normalized spacial score (nSPS) is 10.5. The molecule has 0 atom stereocenters. The fourth-order valence-electron chi connectivity index (χ4n) is 0. The van der Waals surface area contributed by atoms with E-state index in [1.807, 2.05) is 0 Å². The van der Waals surface area contributed by atoms with E-state index in [-0.39, 0.29) is 55.4 Å². The average Bonchev–Trinajstić information content (AvgIpc) is 1.62. The van der Waals surface area contributed by atoms with Gasteiger partial charge in [0.1, 0.15) is 0 Å². The summed E-state index contributed by atoms with van der Waals surface area (Å²) in [5.74, 6) is 0. The molecule has 22 heteroatoms. The Kier molecular flexibility index (Phi) is 30.9. The fourth-order valence-corrected chi connectivity index (χ4v) is 0. The molecular weight excluding hydrogens is 975 g/mol. The van der Waals surface area contributed by atoms with E-state index in [4.69, 9.17) is 57.3 Å². The van der Waals surface area contributed by atoms with Gasteiger partial charge in [0.2, 0.25) is 0 Å². The molecular formula is Mo4O16PuZr. The molecule has 22 heavy (non-hydrogen) atoms. The summed E-state index contributed by atoms with van der Waals surface area (Å²) in [6.07, 6.45) is 0. The second kappa shape index (κ2) is 17.1. The van der Waals surface area contributed by atoms with Gasteiger partial charge in [-0.05, 0) is 0 Å². The van der Waals surface area contributed by atoms with Crippen LogP contribution in [0.5, 0.6) is 0 Å². The molecule has 0 rings (SSSR count). The van der Waals surface area contributed by atoms with E-state index in [1.54, 1.807) is 0 Å². The maximum atomic E-state index is 8.63. The first kappa shape index (κ1) is 39.7. The Morgan fingerprint density at radius 3 is 0.364 bits per heavy atom. The smallest absolute Gasteiger partial charge is 4.00 e. The molecule has 0 aromatic carbocycles. The molecule has 0 N–H and O–H groups in total. The second-order valence-electron chi connectivity index (χ2n) is 1.63. The first-order valence-corrected chi connectivity index (χ1v) is 15.8. The van der Waals surface area contributed by atoms with Gasteiger partial charge in [-0.15, -0.1) is 0 Å². The molecule has 0 aliphatic rings. The van der Waals surface area contributed by atoms with Crippen molar-refractivity contribution in [3.05, 3.63) is 0 Å². The molecule has 0 unspecified atom stereocenters. The second-order valence-corrected chi connectivity index (χ2v) is 9.66. The van der Waals surface area contributed by atoms with Crippen molar-refractivity contribution in [2.75, 3.05) is 0 Å².